The lowest BCUT2D eigenvalue weighted by atomic mass is 10.1. The molecule has 0 atom stereocenters. The van der Waals surface area contributed by atoms with Gasteiger partial charge in [0.1, 0.15) is 21.6 Å². The molecule has 0 amide bonds. The Balaban J connectivity index is 1.26. The number of fused-ring (bicyclic) bond motifs is 1. The standard InChI is InChI=1S/C20H19N5O3S2/c26-30(27,19-8-4-7-17-20(19)23-29-22-17)25-11-9-24(10-12-25)14-16-13-18(21-28-16)15-5-2-1-3-6-15/h1-8,13H,9-12,14H2. The van der Waals surface area contributed by atoms with Crippen LogP contribution in [0.2, 0.25) is 0 Å². The van der Waals surface area contributed by atoms with Crippen LogP contribution >= 0.6 is 11.7 Å². The molecule has 0 bridgehead atoms. The third kappa shape index (κ3) is 3.63. The Morgan fingerprint density at radius 1 is 0.967 bits per heavy atom. The lowest BCUT2D eigenvalue weighted by Gasteiger charge is -2.33. The summed E-state index contributed by atoms with van der Waals surface area (Å²) in [5.74, 6) is 0.767. The number of piperazine rings is 1. The van der Waals surface area contributed by atoms with Crippen molar-refractivity contribution < 1.29 is 12.9 Å². The van der Waals surface area contributed by atoms with Crippen molar-refractivity contribution in [1.82, 2.24) is 23.1 Å². The van der Waals surface area contributed by atoms with Gasteiger partial charge in [-0.15, -0.1) is 0 Å². The lowest BCUT2D eigenvalue weighted by molar-refractivity contribution is 0.166. The summed E-state index contributed by atoms with van der Waals surface area (Å²) in [6.07, 6.45) is 0. The molecule has 3 heterocycles. The lowest BCUT2D eigenvalue weighted by Crippen LogP contribution is -2.48. The SMILES string of the molecule is O=S(=O)(c1cccc2nsnc12)N1CCN(Cc2cc(-c3ccccc3)no2)CC1. The molecule has 0 saturated carbocycles. The predicted molar refractivity (Wildman–Crippen MR) is 113 cm³/mol. The molecule has 1 aliphatic heterocycles. The summed E-state index contributed by atoms with van der Waals surface area (Å²) >= 11 is 1.02. The Morgan fingerprint density at radius 2 is 1.77 bits per heavy atom. The zero-order chi connectivity index (χ0) is 20.6. The van der Waals surface area contributed by atoms with Gasteiger partial charge in [-0.25, -0.2) is 8.42 Å². The Bertz CT molecular complexity index is 1260. The summed E-state index contributed by atoms with van der Waals surface area (Å²) in [5.41, 5.74) is 2.87. The first-order chi connectivity index (χ1) is 14.6. The quantitative estimate of drug-likeness (QED) is 0.470. The van der Waals surface area contributed by atoms with Crippen LogP contribution in [0.3, 0.4) is 0 Å². The van der Waals surface area contributed by atoms with Gasteiger partial charge in [0, 0.05) is 37.8 Å². The maximum atomic E-state index is 13.1. The second-order valence-electron chi connectivity index (χ2n) is 7.11. The van der Waals surface area contributed by atoms with Crippen LogP contribution in [0.4, 0.5) is 0 Å². The van der Waals surface area contributed by atoms with E-state index in [0.717, 1.165) is 28.7 Å². The molecule has 0 spiro atoms. The van der Waals surface area contributed by atoms with Crippen molar-refractivity contribution in [2.75, 3.05) is 26.2 Å². The molecule has 0 unspecified atom stereocenters. The van der Waals surface area contributed by atoms with E-state index in [1.807, 2.05) is 36.4 Å². The summed E-state index contributed by atoms with van der Waals surface area (Å²) in [6.45, 7) is 2.66. The minimum Gasteiger partial charge on any atom is -0.359 e. The van der Waals surface area contributed by atoms with Gasteiger partial charge in [0.05, 0.1) is 18.3 Å². The highest BCUT2D eigenvalue weighted by molar-refractivity contribution is 7.89. The van der Waals surface area contributed by atoms with Crippen molar-refractivity contribution in [2.24, 2.45) is 0 Å². The van der Waals surface area contributed by atoms with E-state index >= 15 is 0 Å². The fraction of sp³-hybridized carbons (Fsp3) is 0.250. The first kappa shape index (κ1) is 19.3. The maximum absolute atomic E-state index is 13.1. The van der Waals surface area contributed by atoms with Crippen molar-refractivity contribution in [3.05, 3.63) is 60.4 Å². The van der Waals surface area contributed by atoms with Gasteiger partial charge in [-0.2, -0.15) is 13.1 Å². The number of hydrogen-bond acceptors (Lipinski definition) is 8. The Morgan fingerprint density at radius 3 is 2.57 bits per heavy atom. The number of benzene rings is 2. The molecule has 154 valence electrons. The molecule has 1 saturated heterocycles. The van der Waals surface area contributed by atoms with E-state index in [-0.39, 0.29) is 4.90 Å². The van der Waals surface area contributed by atoms with E-state index < -0.39 is 10.0 Å². The number of hydrogen-bond donors (Lipinski definition) is 0. The summed E-state index contributed by atoms with van der Waals surface area (Å²) in [4.78, 5) is 2.40. The number of rotatable bonds is 5. The minimum absolute atomic E-state index is 0.227. The molecule has 0 aliphatic carbocycles. The van der Waals surface area contributed by atoms with E-state index in [0.29, 0.717) is 43.8 Å². The molecule has 4 aromatic rings. The Kier molecular flexibility index (Phi) is 5.07. The van der Waals surface area contributed by atoms with Crippen molar-refractivity contribution in [1.29, 1.82) is 0 Å². The molecule has 30 heavy (non-hydrogen) atoms. The molecule has 1 fully saturated rings. The zero-order valence-corrected chi connectivity index (χ0v) is 17.6. The van der Waals surface area contributed by atoms with Crippen LogP contribution in [0.15, 0.2) is 64.0 Å². The third-order valence-electron chi connectivity index (χ3n) is 5.21. The van der Waals surface area contributed by atoms with Crippen molar-refractivity contribution >= 4 is 32.8 Å². The van der Waals surface area contributed by atoms with Crippen LogP contribution in [0, 0.1) is 0 Å². The van der Waals surface area contributed by atoms with Gasteiger partial charge in [-0.1, -0.05) is 41.6 Å². The highest BCUT2D eigenvalue weighted by Crippen LogP contribution is 2.26. The molecule has 0 N–H and O–H groups in total. The molecule has 2 aromatic carbocycles. The Hall–Kier alpha value is -2.66. The Labute approximate surface area is 178 Å². The van der Waals surface area contributed by atoms with Crippen LogP contribution in [0.25, 0.3) is 22.3 Å². The average Bonchev–Trinajstić information content (AvgIpc) is 3.44. The molecule has 0 radical (unpaired) electrons. The van der Waals surface area contributed by atoms with Crippen LogP contribution in [0.5, 0.6) is 0 Å². The average molecular weight is 442 g/mol. The summed E-state index contributed by atoms with van der Waals surface area (Å²) < 4.78 is 41.6. The van der Waals surface area contributed by atoms with Gasteiger partial charge in [-0.05, 0) is 12.1 Å². The van der Waals surface area contributed by atoms with Crippen molar-refractivity contribution in [2.45, 2.75) is 11.4 Å². The van der Waals surface area contributed by atoms with Gasteiger partial charge in [0.25, 0.3) is 0 Å². The van der Waals surface area contributed by atoms with E-state index in [4.69, 9.17) is 4.52 Å². The first-order valence-electron chi connectivity index (χ1n) is 9.56. The minimum atomic E-state index is -3.61. The van der Waals surface area contributed by atoms with E-state index in [2.05, 4.69) is 18.8 Å². The first-order valence-corrected chi connectivity index (χ1v) is 11.7. The fourth-order valence-corrected chi connectivity index (χ4v) is 5.78. The van der Waals surface area contributed by atoms with Crippen molar-refractivity contribution in [3.63, 3.8) is 0 Å². The van der Waals surface area contributed by atoms with Gasteiger partial charge < -0.3 is 4.52 Å². The van der Waals surface area contributed by atoms with Crippen LogP contribution < -0.4 is 0 Å². The highest BCUT2D eigenvalue weighted by Gasteiger charge is 2.31. The van der Waals surface area contributed by atoms with Gasteiger partial charge in [-0.3, -0.25) is 4.90 Å². The second kappa shape index (κ2) is 7.88. The van der Waals surface area contributed by atoms with E-state index in [9.17, 15) is 8.42 Å². The molecular weight excluding hydrogens is 422 g/mol. The predicted octanol–water partition coefficient (Wildman–Crippen LogP) is 2.85. The third-order valence-corrected chi connectivity index (χ3v) is 7.68. The number of nitrogens with zero attached hydrogens (tertiary/aromatic N) is 5. The topological polar surface area (TPSA) is 92.4 Å². The highest BCUT2D eigenvalue weighted by atomic mass is 32.2. The normalized spacial score (nSPS) is 16.3. The monoisotopic (exact) mass is 441 g/mol. The fourth-order valence-electron chi connectivity index (χ4n) is 3.61. The molecule has 5 rings (SSSR count). The smallest absolute Gasteiger partial charge is 0.245 e. The largest absolute Gasteiger partial charge is 0.359 e. The summed E-state index contributed by atoms with van der Waals surface area (Å²) in [7, 11) is -3.61. The molecule has 1 aliphatic rings. The van der Waals surface area contributed by atoms with Gasteiger partial charge in [0.15, 0.2) is 5.76 Å². The zero-order valence-electron chi connectivity index (χ0n) is 16.0. The van der Waals surface area contributed by atoms with Gasteiger partial charge in [0.2, 0.25) is 10.0 Å². The molecule has 8 nitrogen and oxygen atoms in total. The van der Waals surface area contributed by atoms with E-state index in [1.54, 1.807) is 18.2 Å². The van der Waals surface area contributed by atoms with Crippen molar-refractivity contribution in [3.8, 4) is 11.3 Å². The number of sulfonamides is 1. The molecule has 2 aromatic heterocycles. The van der Waals surface area contributed by atoms with Crippen LogP contribution in [-0.4, -0.2) is 57.7 Å². The number of aromatic nitrogens is 3. The molecular formula is C20H19N5O3S2. The second-order valence-corrected chi connectivity index (χ2v) is 9.55. The maximum Gasteiger partial charge on any atom is 0.245 e. The van der Waals surface area contributed by atoms with Crippen LogP contribution in [0.1, 0.15) is 5.76 Å². The van der Waals surface area contributed by atoms with Gasteiger partial charge >= 0.3 is 0 Å². The summed E-state index contributed by atoms with van der Waals surface area (Å²) in [5, 5.41) is 4.15. The molecule has 10 heteroatoms. The van der Waals surface area contributed by atoms with E-state index in [1.165, 1.54) is 4.31 Å². The van der Waals surface area contributed by atoms with Crippen LogP contribution in [-0.2, 0) is 16.6 Å². The summed E-state index contributed by atoms with van der Waals surface area (Å²) in [6, 6.07) is 16.9.